The van der Waals surface area contributed by atoms with Crippen molar-refractivity contribution in [3.8, 4) is 0 Å². The van der Waals surface area contributed by atoms with Crippen molar-refractivity contribution in [3.05, 3.63) is 27.3 Å². The summed E-state index contributed by atoms with van der Waals surface area (Å²) < 4.78 is 0.814. The Bertz CT molecular complexity index is 539. The van der Waals surface area contributed by atoms with Crippen LogP contribution in [0, 0.1) is 3.57 Å². The Labute approximate surface area is 131 Å². The SMILES string of the molecule is CC1(NC(=O)Nc2ccc(I)cc2C(=O)O)CCCC1. The van der Waals surface area contributed by atoms with E-state index in [2.05, 4.69) is 10.6 Å². The monoisotopic (exact) mass is 388 g/mol. The molecule has 1 aliphatic rings. The number of amides is 2. The van der Waals surface area contributed by atoms with Crippen molar-refractivity contribution in [2.45, 2.75) is 38.1 Å². The highest BCUT2D eigenvalue weighted by Crippen LogP contribution is 2.29. The van der Waals surface area contributed by atoms with E-state index in [1.807, 2.05) is 29.5 Å². The van der Waals surface area contributed by atoms with Gasteiger partial charge in [-0.05, 0) is 60.6 Å². The predicted molar refractivity (Wildman–Crippen MR) is 85.1 cm³/mol. The molecule has 0 atom stereocenters. The van der Waals surface area contributed by atoms with Crippen LogP contribution in [0.25, 0.3) is 0 Å². The first-order chi connectivity index (χ1) is 9.39. The molecule has 6 heteroatoms. The maximum absolute atomic E-state index is 12.0. The molecule has 0 aliphatic heterocycles. The molecule has 3 N–H and O–H groups in total. The summed E-state index contributed by atoms with van der Waals surface area (Å²) in [6, 6.07) is 4.57. The van der Waals surface area contributed by atoms with Crippen LogP contribution < -0.4 is 10.6 Å². The number of halogens is 1. The number of aromatic carboxylic acids is 1. The maximum atomic E-state index is 12.0. The van der Waals surface area contributed by atoms with Gasteiger partial charge in [0.25, 0.3) is 0 Å². The van der Waals surface area contributed by atoms with Crippen molar-refractivity contribution in [1.29, 1.82) is 0 Å². The van der Waals surface area contributed by atoms with Gasteiger partial charge in [0.15, 0.2) is 0 Å². The summed E-state index contributed by atoms with van der Waals surface area (Å²) in [5.41, 5.74) is 0.233. The minimum atomic E-state index is -1.05. The lowest BCUT2D eigenvalue weighted by Crippen LogP contribution is -2.45. The second-order valence-electron chi connectivity index (χ2n) is 5.34. The molecule has 108 valence electrons. The van der Waals surface area contributed by atoms with E-state index in [4.69, 9.17) is 5.11 Å². The van der Waals surface area contributed by atoms with Gasteiger partial charge in [0, 0.05) is 9.11 Å². The third-order valence-corrected chi connectivity index (χ3v) is 4.25. The summed E-state index contributed by atoms with van der Waals surface area (Å²) in [5.74, 6) is -1.05. The number of urea groups is 1. The summed E-state index contributed by atoms with van der Waals surface area (Å²) in [7, 11) is 0. The third-order valence-electron chi connectivity index (χ3n) is 3.58. The van der Waals surface area contributed by atoms with Crippen LogP contribution >= 0.6 is 22.6 Å². The van der Waals surface area contributed by atoms with Crippen LogP contribution in [0.4, 0.5) is 10.5 Å². The lowest BCUT2D eigenvalue weighted by molar-refractivity contribution is 0.0698. The smallest absolute Gasteiger partial charge is 0.337 e. The summed E-state index contributed by atoms with van der Waals surface area (Å²) >= 11 is 2.04. The Kier molecular flexibility index (Phi) is 4.52. The Morgan fingerprint density at radius 3 is 2.55 bits per heavy atom. The van der Waals surface area contributed by atoms with Gasteiger partial charge in [-0.3, -0.25) is 0 Å². The topological polar surface area (TPSA) is 78.4 Å². The first-order valence-electron chi connectivity index (χ1n) is 6.52. The number of carbonyl (C=O) groups excluding carboxylic acids is 1. The van der Waals surface area contributed by atoms with E-state index in [9.17, 15) is 9.59 Å². The van der Waals surface area contributed by atoms with Crippen LogP contribution in [0.15, 0.2) is 18.2 Å². The first kappa shape index (κ1) is 15.1. The van der Waals surface area contributed by atoms with Gasteiger partial charge >= 0.3 is 12.0 Å². The molecule has 0 bridgehead atoms. The summed E-state index contributed by atoms with van der Waals surface area (Å²) in [6.07, 6.45) is 4.14. The van der Waals surface area contributed by atoms with E-state index in [1.165, 1.54) is 6.07 Å². The second-order valence-corrected chi connectivity index (χ2v) is 6.59. The number of nitrogens with one attached hydrogen (secondary N) is 2. The molecule has 0 unspecified atom stereocenters. The molecule has 20 heavy (non-hydrogen) atoms. The minimum Gasteiger partial charge on any atom is -0.478 e. The molecule has 2 amide bonds. The van der Waals surface area contributed by atoms with Crippen molar-refractivity contribution in [3.63, 3.8) is 0 Å². The zero-order valence-electron chi connectivity index (χ0n) is 11.2. The zero-order chi connectivity index (χ0) is 14.8. The van der Waals surface area contributed by atoms with E-state index < -0.39 is 5.97 Å². The van der Waals surface area contributed by atoms with E-state index in [0.29, 0.717) is 5.69 Å². The fraction of sp³-hybridized carbons (Fsp3) is 0.429. The molecule has 5 nitrogen and oxygen atoms in total. The van der Waals surface area contributed by atoms with Gasteiger partial charge in [-0.2, -0.15) is 0 Å². The molecule has 1 aliphatic carbocycles. The Hall–Kier alpha value is -1.31. The predicted octanol–water partition coefficient (Wildman–Crippen LogP) is 3.44. The molecule has 2 rings (SSSR count). The molecule has 1 aromatic rings. The van der Waals surface area contributed by atoms with Gasteiger partial charge < -0.3 is 15.7 Å². The molecule has 1 saturated carbocycles. The third kappa shape index (κ3) is 3.62. The van der Waals surface area contributed by atoms with Gasteiger partial charge in [0.1, 0.15) is 0 Å². The number of benzene rings is 1. The molecule has 0 aromatic heterocycles. The molecule has 1 fully saturated rings. The van der Waals surface area contributed by atoms with Crippen molar-refractivity contribution >= 4 is 40.3 Å². The number of rotatable bonds is 3. The van der Waals surface area contributed by atoms with Gasteiger partial charge in [0.05, 0.1) is 11.3 Å². The standard InChI is InChI=1S/C14H17IN2O3/c1-14(6-2-3-7-14)17-13(20)16-11-5-4-9(15)8-10(11)12(18)19/h4-5,8H,2-3,6-7H2,1H3,(H,18,19)(H2,16,17,20). The van der Waals surface area contributed by atoms with E-state index >= 15 is 0 Å². The number of carboxylic acids is 1. The van der Waals surface area contributed by atoms with Crippen LogP contribution in [-0.2, 0) is 0 Å². The number of hydrogen-bond acceptors (Lipinski definition) is 2. The maximum Gasteiger partial charge on any atom is 0.337 e. The quantitative estimate of drug-likeness (QED) is 0.695. The molecular formula is C14H17IN2O3. The highest BCUT2D eigenvalue weighted by Gasteiger charge is 2.30. The summed E-state index contributed by atoms with van der Waals surface area (Å²) in [6.45, 7) is 2.02. The Balaban J connectivity index is 2.09. The molecule has 0 spiro atoms. The van der Waals surface area contributed by atoms with Gasteiger partial charge in [-0.1, -0.05) is 12.8 Å². The van der Waals surface area contributed by atoms with Crippen LogP contribution in [0.3, 0.4) is 0 Å². The van der Waals surface area contributed by atoms with Crippen LogP contribution in [-0.4, -0.2) is 22.6 Å². The fourth-order valence-electron chi connectivity index (χ4n) is 2.51. The van der Waals surface area contributed by atoms with E-state index in [1.54, 1.807) is 12.1 Å². The highest BCUT2D eigenvalue weighted by molar-refractivity contribution is 14.1. The van der Waals surface area contributed by atoms with Crippen LogP contribution in [0.1, 0.15) is 43.0 Å². The van der Waals surface area contributed by atoms with Crippen molar-refractivity contribution in [2.24, 2.45) is 0 Å². The van der Waals surface area contributed by atoms with E-state index in [-0.39, 0.29) is 17.1 Å². The second kappa shape index (κ2) is 5.99. The van der Waals surface area contributed by atoms with Crippen molar-refractivity contribution in [2.75, 3.05) is 5.32 Å². The normalized spacial score (nSPS) is 16.7. The largest absolute Gasteiger partial charge is 0.478 e. The Morgan fingerprint density at radius 1 is 1.30 bits per heavy atom. The average molecular weight is 388 g/mol. The lowest BCUT2D eigenvalue weighted by atomic mass is 10.0. The average Bonchev–Trinajstić information content (AvgIpc) is 2.77. The number of anilines is 1. The molecule has 1 aromatic carbocycles. The van der Waals surface area contributed by atoms with Crippen molar-refractivity contribution < 1.29 is 14.7 Å². The molecule has 0 radical (unpaired) electrons. The van der Waals surface area contributed by atoms with Crippen LogP contribution in [0.5, 0.6) is 0 Å². The van der Waals surface area contributed by atoms with Gasteiger partial charge in [-0.25, -0.2) is 9.59 Å². The summed E-state index contributed by atoms with van der Waals surface area (Å²) in [5, 5.41) is 14.7. The van der Waals surface area contributed by atoms with Crippen LogP contribution in [0.2, 0.25) is 0 Å². The van der Waals surface area contributed by atoms with Crippen molar-refractivity contribution in [1.82, 2.24) is 5.32 Å². The lowest BCUT2D eigenvalue weighted by Gasteiger charge is -2.25. The summed E-state index contributed by atoms with van der Waals surface area (Å²) in [4.78, 5) is 23.2. The number of carbonyl (C=O) groups is 2. The molecular weight excluding hydrogens is 371 g/mol. The zero-order valence-corrected chi connectivity index (χ0v) is 13.4. The molecule has 0 saturated heterocycles. The minimum absolute atomic E-state index is 0.101. The van der Waals surface area contributed by atoms with E-state index in [0.717, 1.165) is 29.3 Å². The number of carboxylic acid groups (broad SMARTS) is 1. The molecule has 0 heterocycles. The first-order valence-corrected chi connectivity index (χ1v) is 7.59. The Morgan fingerprint density at radius 2 is 1.95 bits per heavy atom. The number of hydrogen-bond donors (Lipinski definition) is 3. The van der Waals surface area contributed by atoms with Gasteiger partial charge in [0.2, 0.25) is 0 Å². The van der Waals surface area contributed by atoms with Gasteiger partial charge in [-0.15, -0.1) is 0 Å². The highest BCUT2D eigenvalue weighted by atomic mass is 127. The fourth-order valence-corrected chi connectivity index (χ4v) is 3.00.